The van der Waals surface area contributed by atoms with Gasteiger partial charge in [-0.3, -0.25) is 0 Å². The maximum atomic E-state index is 9.03. The van der Waals surface area contributed by atoms with Crippen LogP contribution in [0.1, 0.15) is 5.56 Å². The molecule has 2 aromatic carbocycles. The maximum absolute atomic E-state index is 9.03. The Morgan fingerprint density at radius 1 is 1.00 bits per heavy atom. The number of nitriles is 1. The molecule has 0 saturated heterocycles. The lowest BCUT2D eigenvalue weighted by Crippen LogP contribution is -2.29. The number of hydrogen-bond acceptors (Lipinski definition) is 1. The molecule has 0 unspecified atom stereocenters. The monoisotopic (exact) mass is 267 g/mol. The van der Waals surface area contributed by atoms with Crippen LogP contribution in [0.3, 0.4) is 0 Å². The number of nitrogens with zero attached hydrogens (tertiary/aromatic N) is 1. The van der Waals surface area contributed by atoms with Gasteiger partial charge in [-0.1, -0.05) is 73.2 Å². The quantitative estimate of drug-likeness (QED) is 0.782. The molecule has 0 aromatic heterocycles. The highest BCUT2D eigenvalue weighted by atomic mass is 14.2. The summed E-state index contributed by atoms with van der Waals surface area (Å²) in [5, 5.41) is 11.3. The summed E-state index contributed by atoms with van der Waals surface area (Å²) >= 11 is 0. The Morgan fingerprint density at radius 2 is 1.71 bits per heavy atom. The first kappa shape index (κ1) is 13.2. The molecule has 21 heavy (non-hydrogen) atoms. The molecule has 0 fully saturated rings. The van der Waals surface area contributed by atoms with Crippen LogP contribution < -0.4 is 10.4 Å². The van der Waals surface area contributed by atoms with Crippen LogP contribution in [0.4, 0.5) is 0 Å². The van der Waals surface area contributed by atoms with Crippen molar-refractivity contribution in [1.82, 2.24) is 0 Å². The van der Waals surface area contributed by atoms with E-state index in [4.69, 9.17) is 5.26 Å². The van der Waals surface area contributed by atoms with Gasteiger partial charge in [-0.15, -0.1) is 0 Å². The van der Waals surface area contributed by atoms with Crippen molar-refractivity contribution in [2.75, 3.05) is 0 Å². The van der Waals surface area contributed by atoms with E-state index in [0.29, 0.717) is 7.28 Å². The Labute approximate surface area is 125 Å². The Balaban J connectivity index is 2.55. The van der Waals surface area contributed by atoms with Crippen molar-refractivity contribution in [3.8, 4) is 17.1 Å². The summed E-state index contributed by atoms with van der Waals surface area (Å²) < 4.78 is 0. The third-order valence-corrected chi connectivity index (χ3v) is 3.91. The van der Waals surface area contributed by atoms with E-state index in [1.807, 2.05) is 18.2 Å². The third-order valence-electron chi connectivity index (χ3n) is 3.91. The molecule has 1 nitrogen and oxygen atoms in total. The van der Waals surface area contributed by atoms with Gasteiger partial charge in [0.25, 0.3) is 7.28 Å². The first-order chi connectivity index (χ1) is 10.3. The minimum absolute atomic E-state index is 0.362. The van der Waals surface area contributed by atoms with Gasteiger partial charge in [0, 0.05) is 5.97 Å². The first-order valence-electron chi connectivity index (χ1n) is 6.90. The Hall–Kier alpha value is -2.79. The van der Waals surface area contributed by atoms with Crippen LogP contribution in [-0.4, -0.2) is 7.28 Å². The van der Waals surface area contributed by atoms with Crippen LogP contribution in [0.2, 0.25) is 0 Å². The molecule has 0 heterocycles. The van der Waals surface area contributed by atoms with Gasteiger partial charge in [-0.2, -0.15) is 0 Å². The molecule has 0 amide bonds. The van der Waals surface area contributed by atoms with E-state index in [2.05, 4.69) is 49.5 Å². The SMILES string of the molecule is C=CC1=c2c(ccc/c2=C(\BC#N)C=C)-c2ccccc21. The molecule has 98 valence electrons. The van der Waals surface area contributed by atoms with Crippen LogP contribution in [-0.2, 0) is 0 Å². The van der Waals surface area contributed by atoms with Crippen molar-refractivity contribution in [2.24, 2.45) is 0 Å². The minimum Gasteiger partial charge on any atom is -0.213 e. The molecule has 0 radical (unpaired) electrons. The molecule has 0 atom stereocenters. The van der Waals surface area contributed by atoms with E-state index in [-0.39, 0.29) is 0 Å². The number of fused-ring (bicyclic) bond motifs is 3. The van der Waals surface area contributed by atoms with Gasteiger partial charge < -0.3 is 0 Å². The molecule has 0 aliphatic heterocycles. The molecule has 0 bridgehead atoms. The van der Waals surface area contributed by atoms with Crippen LogP contribution in [0.25, 0.3) is 22.2 Å². The van der Waals surface area contributed by atoms with E-state index >= 15 is 0 Å². The molecule has 2 heteroatoms. The first-order valence-corrected chi connectivity index (χ1v) is 6.90. The van der Waals surface area contributed by atoms with Gasteiger partial charge in [-0.25, -0.2) is 5.26 Å². The Morgan fingerprint density at radius 3 is 2.38 bits per heavy atom. The second-order valence-electron chi connectivity index (χ2n) is 4.96. The van der Waals surface area contributed by atoms with Gasteiger partial charge >= 0.3 is 0 Å². The van der Waals surface area contributed by atoms with Gasteiger partial charge in [0.15, 0.2) is 0 Å². The molecular formula is C19H14BN. The highest BCUT2D eigenvalue weighted by molar-refractivity contribution is 6.66. The number of benzene rings is 2. The molecule has 0 spiro atoms. The highest BCUT2D eigenvalue weighted by Gasteiger charge is 2.18. The van der Waals surface area contributed by atoms with Crippen molar-refractivity contribution in [3.05, 3.63) is 83.8 Å². The Bertz CT molecular complexity index is 913. The van der Waals surface area contributed by atoms with E-state index in [0.717, 1.165) is 16.3 Å². The fraction of sp³-hybridized carbons (Fsp3) is 0. The molecular weight excluding hydrogens is 253 g/mol. The van der Waals surface area contributed by atoms with E-state index in [1.54, 1.807) is 6.08 Å². The zero-order valence-corrected chi connectivity index (χ0v) is 11.8. The largest absolute Gasteiger partial charge is 0.283 e. The van der Waals surface area contributed by atoms with Crippen molar-refractivity contribution in [3.63, 3.8) is 0 Å². The van der Waals surface area contributed by atoms with Gasteiger partial charge in [0.05, 0.1) is 0 Å². The van der Waals surface area contributed by atoms with E-state index in [9.17, 15) is 0 Å². The van der Waals surface area contributed by atoms with Crippen molar-refractivity contribution >= 4 is 18.3 Å². The number of rotatable bonds is 3. The summed E-state index contributed by atoms with van der Waals surface area (Å²) in [6, 6.07) is 14.6. The van der Waals surface area contributed by atoms with Crippen LogP contribution in [0.15, 0.2) is 67.8 Å². The van der Waals surface area contributed by atoms with Gasteiger partial charge in [0.2, 0.25) is 0 Å². The summed E-state index contributed by atoms with van der Waals surface area (Å²) in [7, 11) is 0.362. The molecule has 1 aliphatic rings. The maximum Gasteiger partial charge on any atom is 0.283 e. The van der Waals surface area contributed by atoms with Crippen LogP contribution in [0, 0.1) is 11.2 Å². The number of allylic oxidation sites excluding steroid dienone is 2. The zero-order valence-electron chi connectivity index (χ0n) is 11.8. The average Bonchev–Trinajstić information content (AvgIpc) is 2.86. The lowest BCUT2D eigenvalue weighted by Gasteiger charge is -2.01. The second-order valence-corrected chi connectivity index (χ2v) is 4.96. The lowest BCUT2D eigenvalue weighted by molar-refractivity contribution is 1.52. The highest BCUT2D eigenvalue weighted by Crippen LogP contribution is 2.31. The normalized spacial score (nSPS) is 12.8. The standard InChI is InChI=1S/C19H14BN/c1-3-13-14-8-5-6-9-15(14)16-10-7-11-17(19(13)16)18(4-2)20-12-21/h3-11,20H,1-2H2/b18-17+. The van der Waals surface area contributed by atoms with Crippen molar-refractivity contribution in [2.45, 2.75) is 0 Å². The second kappa shape index (κ2) is 5.30. The topological polar surface area (TPSA) is 23.8 Å². The van der Waals surface area contributed by atoms with E-state index in [1.165, 1.54) is 21.9 Å². The zero-order chi connectivity index (χ0) is 14.8. The molecule has 0 N–H and O–H groups in total. The van der Waals surface area contributed by atoms with Crippen molar-refractivity contribution in [1.29, 1.82) is 5.26 Å². The summed E-state index contributed by atoms with van der Waals surface area (Å²) in [4.78, 5) is 0. The summed E-state index contributed by atoms with van der Waals surface area (Å²) in [5.41, 5.74) is 5.73. The van der Waals surface area contributed by atoms with Gasteiger partial charge in [-0.05, 0) is 32.7 Å². The minimum atomic E-state index is 0.362. The van der Waals surface area contributed by atoms with Gasteiger partial charge in [0.1, 0.15) is 0 Å². The lowest BCUT2D eigenvalue weighted by atomic mass is 9.70. The summed E-state index contributed by atoms with van der Waals surface area (Å²) in [6.07, 6.45) is 3.68. The third kappa shape index (κ3) is 1.95. The van der Waals surface area contributed by atoms with Crippen molar-refractivity contribution < 1.29 is 0 Å². The molecule has 3 rings (SSSR count). The predicted octanol–water partition coefficient (Wildman–Crippen LogP) is 2.26. The average molecular weight is 267 g/mol. The number of hydrogen-bond donors (Lipinski definition) is 0. The fourth-order valence-electron chi connectivity index (χ4n) is 3.00. The predicted molar refractivity (Wildman–Crippen MR) is 90.2 cm³/mol. The Kier molecular flexibility index (Phi) is 3.34. The summed E-state index contributed by atoms with van der Waals surface area (Å²) in [6.45, 7) is 7.83. The van der Waals surface area contributed by atoms with Crippen LogP contribution >= 0.6 is 0 Å². The molecule has 1 aliphatic carbocycles. The van der Waals surface area contributed by atoms with E-state index < -0.39 is 0 Å². The summed E-state index contributed by atoms with van der Waals surface area (Å²) in [5.74, 6) is 2.22. The smallest absolute Gasteiger partial charge is 0.213 e. The fourth-order valence-corrected chi connectivity index (χ4v) is 3.00. The molecule has 0 saturated carbocycles. The molecule has 2 aromatic rings. The van der Waals surface area contributed by atoms with Crippen LogP contribution in [0.5, 0.6) is 0 Å².